The number of halogens is 1. The van der Waals surface area contributed by atoms with Crippen molar-refractivity contribution in [2.24, 2.45) is 16.0 Å². The van der Waals surface area contributed by atoms with Crippen molar-refractivity contribution in [2.45, 2.75) is 19.9 Å². The molecule has 7 heteroatoms. The van der Waals surface area contributed by atoms with Crippen molar-refractivity contribution >= 4 is 35.4 Å². The number of aliphatic imine (C=N–C) groups is 1. The lowest BCUT2D eigenvalue weighted by atomic mass is 9.96. The highest BCUT2D eigenvalue weighted by Gasteiger charge is 2.45. The van der Waals surface area contributed by atoms with Crippen LogP contribution < -0.4 is 0 Å². The molecule has 0 radical (unpaired) electrons. The number of hydrazone groups is 1. The zero-order chi connectivity index (χ0) is 13.3. The Balaban J connectivity index is 2.42. The molecule has 0 saturated heterocycles. The van der Waals surface area contributed by atoms with E-state index in [0.717, 1.165) is 0 Å². The highest BCUT2D eigenvalue weighted by molar-refractivity contribution is 6.70. The maximum atomic E-state index is 11.9. The minimum absolute atomic E-state index is 0.223. The Kier molecular flexibility index (Phi) is 3.47. The smallest absolute Gasteiger partial charge is 0.315 e. The van der Waals surface area contributed by atoms with Gasteiger partial charge >= 0.3 is 5.97 Å². The molecule has 2 aliphatic heterocycles. The van der Waals surface area contributed by atoms with Crippen LogP contribution in [-0.4, -0.2) is 41.4 Å². The van der Waals surface area contributed by atoms with Gasteiger partial charge in [-0.25, -0.2) is 10.0 Å². The van der Waals surface area contributed by atoms with E-state index in [1.54, 1.807) is 13.8 Å². The fourth-order valence-corrected chi connectivity index (χ4v) is 2.42. The van der Waals surface area contributed by atoms with Crippen LogP contribution in [0.1, 0.15) is 13.8 Å². The Hall–Kier alpha value is -1.69. The van der Waals surface area contributed by atoms with Crippen molar-refractivity contribution in [2.75, 3.05) is 6.61 Å². The second-order valence-electron chi connectivity index (χ2n) is 3.88. The second kappa shape index (κ2) is 4.89. The Morgan fingerprint density at radius 2 is 2.39 bits per heavy atom. The summed E-state index contributed by atoms with van der Waals surface area (Å²) in [5.74, 6) is -1.13. The SMILES string of the molecule is CCOC(=O)C1C(C)=C2C(Cl)=NC=NN2C1C=O. The summed E-state index contributed by atoms with van der Waals surface area (Å²) in [4.78, 5) is 27.0. The molecule has 2 aliphatic rings. The van der Waals surface area contributed by atoms with Crippen molar-refractivity contribution in [1.29, 1.82) is 0 Å². The number of carbonyl (C=O) groups is 2. The molecule has 0 N–H and O–H groups in total. The largest absolute Gasteiger partial charge is 0.465 e. The van der Waals surface area contributed by atoms with Crippen molar-refractivity contribution in [3.8, 4) is 0 Å². The van der Waals surface area contributed by atoms with E-state index >= 15 is 0 Å². The first kappa shape index (κ1) is 12.8. The van der Waals surface area contributed by atoms with Gasteiger partial charge in [0.25, 0.3) is 0 Å². The summed E-state index contributed by atoms with van der Waals surface area (Å²) in [6.07, 6.45) is 1.92. The van der Waals surface area contributed by atoms with Gasteiger partial charge in [0.2, 0.25) is 0 Å². The molecule has 0 aromatic rings. The minimum Gasteiger partial charge on any atom is -0.465 e. The molecule has 0 spiro atoms. The molecule has 2 heterocycles. The van der Waals surface area contributed by atoms with E-state index < -0.39 is 17.9 Å². The third kappa shape index (κ3) is 1.82. The van der Waals surface area contributed by atoms with Crippen LogP contribution in [0, 0.1) is 5.92 Å². The van der Waals surface area contributed by atoms with Crippen LogP contribution >= 0.6 is 11.6 Å². The summed E-state index contributed by atoms with van der Waals surface area (Å²) in [6.45, 7) is 3.70. The Bertz CT molecular complexity index is 484. The van der Waals surface area contributed by atoms with Crippen LogP contribution in [0.4, 0.5) is 0 Å². The van der Waals surface area contributed by atoms with Crippen molar-refractivity contribution in [3.63, 3.8) is 0 Å². The molecule has 0 aromatic heterocycles. The fourth-order valence-electron chi connectivity index (χ4n) is 2.14. The molecule has 0 bridgehead atoms. The number of carbonyl (C=O) groups excluding carboxylic acids is 2. The van der Waals surface area contributed by atoms with Crippen molar-refractivity contribution in [3.05, 3.63) is 11.3 Å². The lowest BCUT2D eigenvalue weighted by Gasteiger charge is -2.23. The normalized spacial score (nSPS) is 25.9. The Morgan fingerprint density at radius 1 is 1.67 bits per heavy atom. The number of fused-ring (bicyclic) bond motifs is 1. The molecule has 96 valence electrons. The monoisotopic (exact) mass is 269 g/mol. The van der Waals surface area contributed by atoms with Crippen molar-refractivity contribution < 1.29 is 14.3 Å². The standard InChI is InChI=1S/C11H12ClN3O3/c1-3-18-11(17)8-6(2)9-10(12)13-5-14-15(9)7(8)4-16/h4-5,7-8H,3H2,1-2H3. The second-order valence-corrected chi connectivity index (χ2v) is 4.24. The predicted molar refractivity (Wildman–Crippen MR) is 66.3 cm³/mol. The maximum absolute atomic E-state index is 11.9. The van der Waals surface area contributed by atoms with Crippen LogP contribution in [0.15, 0.2) is 21.4 Å². The van der Waals surface area contributed by atoms with E-state index in [4.69, 9.17) is 16.3 Å². The summed E-state index contributed by atoms with van der Waals surface area (Å²) in [5.41, 5.74) is 1.16. The van der Waals surface area contributed by atoms with Gasteiger partial charge in [-0.2, -0.15) is 5.10 Å². The molecule has 0 fully saturated rings. The van der Waals surface area contributed by atoms with Crippen molar-refractivity contribution in [1.82, 2.24) is 5.01 Å². The van der Waals surface area contributed by atoms with Gasteiger partial charge in [0.1, 0.15) is 24.6 Å². The van der Waals surface area contributed by atoms with Gasteiger partial charge in [-0.1, -0.05) is 11.6 Å². The van der Waals surface area contributed by atoms with Gasteiger partial charge in [-0.15, -0.1) is 0 Å². The average molecular weight is 270 g/mol. The van der Waals surface area contributed by atoms with Crippen LogP contribution in [-0.2, 0) is 14.3 Å². The summed E-state index contributed by atoms with van der Waals surface area (Å²) >= 11 is 5.97. The van der Waals surface area contributed by atoms with Crippen LogP contribution in [0.5, 0.6) is 0 Å². The average Bonchev–Trinajstić information content (AvgIpc) is 2.63. The van der Waals surface area contributed by atoms with Gasteiger partial charge in [0, 0.05) is 0 Å². The lowest BCUT2D eigenvalue weighted by Crippen LogP contribution is -2.37. The van der Waals surface area contributed by atoms with E-state index in [1.165, 1.54) is 11.3 Å². The Morgan fingerprint density at radius 3 is 3.00 bits per heavy atom. The van der Waals surface area contributed by atoms with Gasteiger partial charge in [-0.3, -0.25) is 4.79 Å². The molecule has 0 saturated carbocycles. The number of rotatable bonds is 3. The molecular formula is C11H12ClN3O3. The third-order valence-corrected chi connectivity index (χ3v) is 3.19. The molecule has 0 aliphatic carbocycles. The molecule has 0 aromatic carbocycles. The zero-order valence-corrected chi connectivity index (χ0v) is 10.7. The predicted octanol–water partition coefficient (Wildman–Crippen LogP) is 0.917. The summed E-state index contributed by atoms with van der Waals surface area (Å²) in [7, 11) is 0. The molecule has 18 heavy (non-hydrogen) atoms. The van der Waals surface area contributed by atoms with Crippen LogP contribution in [0.2, 0.25) is 0 Å². The van der Waals surface area contributed by atoms with Gasteiger partial charge < -0.3 is 9.53 Å². The quantitative estimate of drug-likeness (QED) is 0.564. The third-order valence-electron chi connectivity index (χ3n) is 2.92. The molecule has 2 unspecified atom stereocenters. The van der Waals surface area contributed by atoms with Gasteiger partial charge in [0.15, 0.2) is 5.17 Å². The molecular weight excluding hydrogens is 258 g/mol. The van der Waals surface area contributed by atoms with E-state index in [1.807, 2.05) is 0 Å². The van der Waals surface area contributed by atoms with Crippen LogP contribution in [0.25, 0.3) is 0 Å². The van der Waals surface area contributed by atoms with Gasteiger partial charge in [-0.05, 0) is 19.4 Å². The number of hydrogen-bond donors (Lipinski definition) is 0. The summed E-state index contributed by atoms with van der Waals surface area (Å²) in [6, 6.07) is -0.723. The van der Waals surface area contributed by atoms with Gasteiger partial charge in [0.05, 0.1) is 12.3 Å². The highest BCUT2D eigenvalue weighted by atomic mass is 35.5. The zero-order valence-electron chi connectivity index (χ0n) is 9.96. The highest BCUT2D eigenvalue weighted by Crippen LogP contribution is 2.36. The first-order chi connectivity index (χ1) is 8.61. The number of hydrogen-bond acceptors (Lipinski definition) is 6. The first-order valence-corrected chi connectivity index (χ1v) is 5.87. The number of ether oxygens (including phenoxy) is 1. The fraction of sp³-hybridized carbons (Fsp3) is 0.455. The molecule has 2 rings (SSSR count). The molecule has 6 nitrogen and oxygen atoms in total. The van der Waals surface area contributed by atoms with E-state index in [-0.39, 0.29) is 11.8 Å². The number of aldehydes is 1. The van der Waals surface area contributed by atoms with E-state index in [0.29, 0.717) is 17.6 Å². The summed E-state index contributed by atoms with van der Waals surface area (Å²) < 4.78 is 4.98. The van der Waals surface area contributed by atoms with E-state index in [2.05, 4.69) is 10.1 Å². The number of esters is 1. The first-order valence-electron chi connectivity index (χ1n) is 5.49. The maximum Gasteiger partial charge on any atom is 0.315 e. The molecule has 2 atom stereocenters. The Labute approximate surface area is 109 Å². The number of allylic oxidation sites excluding steroid dienone is 1. The lowest BCUT2D eigenvalue weighted by molar-refractivity contribution is -0.148. The van der Waals surface area contributed by atoms with Crippen LogP contribution in [0.3, 0.4) is 0 Å². The molecule has 0 amide bonds. The minimum atomic E-state index is -0.723. The topological polar surface area (TPSA) is 71.3 Å². The van der Waals surface area contributed by atoms with E-state index in [9.17, 15) is 9.59 Å². The number of nitrogens with zero attached hydrogens (tertiary/aromatic N) is 3. The summed E-state index contributed by atoms with van der Waals surface area (Å²) in [5, 5.41) is 5.62.